The number of benzene rings is 2. The van der Waals surface area contributed by atoms with E-state index in [1.807, 2.05) is 24.3 Å². The van der Waals surface area contributed by atoms with Crippen LogP contribution in [-0.2, 0) is 15.2 Å². The Morgan fingerprint density at radius 3 is 1.40 bits per heavy atom. The van der Waals surface area contributed by atoms with Gasteiger partial charge in [0.1, 0.15) is 0 Å². The van der Waals surface area contributed by atoms with Gasteiger partial charge in [0.05, 0.1) is 0 Å². The molecule has 0 spiro atoms. The quantitative estimate of drug-likeness (QED) is 0.453. The van der Waals surface area contributed by atoms with Crippen LogP contribution in [0.3, 0.4) is 0 Å². The van der Waals surface area contributed by atoms with E-state index < -0.39 is 8.25 Å². The number of rotatable bonds is 6. The fourth-order valence-electron chi connectivity index (χ4n) is 1.47. The molecule has 104 valence electrons. The maximum Gasteiger partial charge on any atom is 0.805 e. The Labute approximate surface area is 135 Å². The molecule has 20 heavy (non-hydrogen) atoms. The van der Waals surface area contributed by atoms with Crippen molar-refractivity contribution in [3.05, 3.63) is 59.7 Å². The minimum Gasteiger partial charge on any atom is -0.222 e. The van der Waals surface area contributed by atoms with Crippen molar-refractivity contribution < 1.29 is 13.6 Å². The first kappa shape index (κ1) is 15.5. The highest BCUT2D eigenvalue weighted by molar-refractivity contribution is 9.08. The van der Waals surface area contributed by atoms with Gasteiger partial charge in [-0.2, -0.15) is 0 Å². The zero-order valence-corrected chi connectivity index (χ0v) is 14.5. The van der Waals surface area contributed by atoms with Gasteiger partial charge < -0.3 is 0 Å². The molecule has 0 unspecified atom stereocenters. The van der Waals surface area contributed by atoms with Gasteiger partial charge in [-0.05, 0) is 35.4 Å². The van der Waals surface area contributed by atoms with Crippen LogP contribution in [0.1, 0.15) is 11.1 Å². The number of alkyl halides is 2. The molecule has 0 saturated carbocycles. The molecule has 0 saturated heterocycles. The molecular formula is C14H12Br2O3P+. The van der Waals surface area contributed by atoms with Gasteiger partial charge in [0.25, 0.3) is 0 Å². The van der Waals surface area contributed by atoms with E-state index in [4.69, 9.17) is 9.05 Å². The van der Waals surface area contributed by atoms with Crippen molar-refractivity contribution in [2.75, 3.05) is 0 Å². The summed E-state index contributed by atoms with van der Waals surface area (Å²) in [5, 5.41) is 1.55. The molecule has 0 N–H and O–H groups in total. The highest BCUT2D eigenvalue weighted by atomic mass is 79.9. The Morgan fingerprint density at radius 2 is 1.10 bits per heavy atom. The molecule has 6 heteroatoms. The topological polar surface area (TPSA) is 35.5 Å². The first-order valence-electron chi connectivity index (χ1n) is 5.84. The maximum absolute atomic E-state index is 11.8. The fourth-order valence-corrected chi connectivity index (χ4v) is 2.84. The first-order chi connectivity index (χ1) is 9.71. The van der Waals surface area contributed by atoms with Gasteiger partial charge in [0, 0.05) is 15.2 Å². The van der Waals surface area contributed by atoms with Crippen LogP contribution in [0, 0.1) is 0 Å². The monoisotopic (exact) mass is 417 g/mol. The highest BCUT2D eigenvalue weighted by Crippen LogP contribution is 2.30. The number of halogens is 2. The third-order valence-electron chi connectivity index (χ3n) is 2.52. The van der Waals surface area contributed by atoms with E-state index in [1.165, 1.54) is 0 Å². The summed E-state index contributed by atoms with van der Waals surface area (Å²) in [6.45, 7) is 0. The lowest BCUT2D eigenvalue weighted by Gasteiger charge is -1.97. The van der Waals surface area contributed by atoms with E-state index in [1.54, 1.807) is 24.3 Å². The van der Waals surface area contributed by atoms with Gasteiger partial charge in [-0.15, -0.1) is 0 Å². The van der Waals surface area contributed by atoms with Crippen molar-refractivity contribution in [3.8, 4) is 11.5 Å². The molecule has 3 nitrogen and oxygen atoms in total. The molecule has 2 aromatic rings. The standard InChI is InChI=1S/C14H12Br2O3P/c15-9-11-1-5-13(6-2-11)18-20(17)19-14-7-3-12(10-16)4-8-14/h1-8H,9-10H2/q+1. The van der Waals surface area contributed by atoms with E-state index in [2.05, 4.69) is 31.9 Å². The summed E-state index contributed by atoms with van der Waals surface area (Å²) in [5.41, 5.74) is 2.25. The van der Waals surface area contributed by atoms with Crippen LogP contribution >= 0.6 is 40.1 Å². The molecule has 0 amide bonds. The summed E-state index contributed by atoms with van der Waals surface area (Å²) in [7, 11) is -2.23. The predicted molar refractivity (Wildman–Crippen MR) is 87.0 cm³/mol. The normalized spacial score (nSPS) is 10.1. The Kier molecular flexibility index (Phi) is 6.02. The smallest absolute Gasteiger partial charge is 0.222 e. The summed E-state index contributed by atoms with van der Waals surface area (Å²) < 4.78 is 22.2. The fraction of sp³-hybridized carbons (Fsp3) is 0.143. The largest absolute Gasteiger partial charge is 0.805 e. The minimum atomic E-state index is -2.23. The molecule has 0 radical (unpaired) electrons. The van der Waals surface area contributed by atoms with Gasteiger partial charge in [-0.1, -0.05) is 56.1 Å². The lowest BCUT2D eigenvalue weighted by Crippen LogP contribution is -1.89. The van der Waals surface area contributed by atoms with Crippen LogP contribution in [0.5, 0.6) is 11.5 Å². The molecule has 0 heterocycles. The molecule has 0 aliphatic carbocycles. The Hall–Kier alpha value is -0.900. The molecule has 0 aliphatic rings. The van der Waals surface area contributed by atoms with Gasteiger partial charge in [-0.25, -0.2) is 9.05 Å². The van der Waals surface area contributed by atoms with E-state index in [0.717, 1.165) is 21.8 Å². The number of hydrogen-bond donors (Lipinski definition) is 0. The van der Waals surface area contributed by atoms with Gasteiger partial charge in [-0.3, -0.25) is 0 Å². The second-order valence-corrected chi connectivity index (χ2v) is 5.90. The summed E-state index contributed by atoms with van der Waals surface area (Å²) in [6, 6.07) is 14.7. The molecule has 0 aliphatic heterocycles. The van der Waals surface area contributed by atoms with E-state index in [9.17, 15) is 4.57 Å². The van der Waals surface area contributed by atoms with Crippen LogP contribution in [0.15, 0.2) is 48.5 Å². The van der Waals surface area contributed by atoms with Gasteiger partial charge in [0.15, 0.2) is 11.5 Å². The zero-order chi connectivity index (χ0) is 14.4. The van der Waals surface area contributed by atoms with Crippen molar-refractivity contribution in [1.29, 1.82) is 0 Å². The highest BCUT2D eigenvalue weighted by Gasteiger charge is 2.23. The lowest BCUT2D eigenvalue weighted by atomic mass is 10.2. The van der Waals surface area contributed by atoms with Crippen molar-refractivity contribution in [2.45, 2.75) is 10.7 Å². The Morgan fingerprint density at radius 1 is 0.750 bits per heavy atom. The lowest BCUT2D eigenvalue weighted by molar-refractivity contribution is 0.415. The summed E-state index contributed by atoms with van der Waals surface area (Å²) >= 11 is 6.72. The molecular weight excluding hydrogens is 407 g/mol. The van der Waals surface area contributed by atoms with E-state index in [0.29, 0.717) is 11.5 Å². The Bertz CT molecular complexity index is 518. The maximum atomic E-state index is 11.8. The third-order valence-corrected chi connectivity index (χ3v) is 4.53. The van der Waals surface area contributed by atoms with E-state index >= 15 is 0 Å². The van der Waals surface area contributed by atoms with Crippen molar-refractivity contribution in [1.82, 2.24) is 0 Å². The molecule has 0 aromatic heterocycles. The average molecular weight is 419 g/mol. The molecule has 2 aromatic carbocycles. The predicted octanol–water partition coefficient (Wildman–Crippen LogP) is 5.59. The van der Waals surface area contributed by atoms with Crippen LogP contribution in [0.25, 0.3) is 0 Å². The third kappa shape index (κ3) is 4.58. The molecule has 0 atom stereocenters. The summed E-state index contributed by atoms with van der Waals surface area (Å²) in [4.78, 5) is 0. The van der Waals surface area contributed by atoms with Gasteiger partial charge >= 0.3 is 8.25 Å². The van der Waals surface area contributed by atoms with Crippen molar-refractivity contribution >= 4 is 40.1 Å². The number of hydrogen-bond acceptors (Lipinski definition) is 3. The molecule has 0 fully saturated rings. The second kappa shape index (κ2) is 7.77. The molecule has 0 bridgehead atoms. The van der Waals surface area contributed by atoms with Crippen LogP contribution in [0.2, 0.25) is 0 Å². The van der Waals surface area contributed by atoms with Crippen LogP contribution < -0.4 is 9.05 Å². The average Bonchev–Trinajstić information content (AvgIpc) is 2.49. The molecule has 2 rings (SSSR count). The first-order valence-corrected chi connectivity index (χ1v) is 9.18. The van der Waals surface area contributed by atoms with Crippen molar-refractivity contribution in [2.24, 2.45) is 0 Å². The summed E-state index contributed by atoms with van der Waals surface area (Å²) in [5.74, 6) is 1.04. The zero-order valence-electron chi connectivity index (χ0n) is 10.5. The van der Waals surface area contributed by atoms with Crippen LogP contribution in [-0.4, -0.2) is 0 Å². The van der Waals surface area contributed by atoms with E-state index in [-0.39, 0.29) is 0 Å². The minimum absolute atomic E-state index is 0.521. The SMILES string of the molecule is O=[P+](Oc1ccc(CBr)cc1)Oc1ccc(CBr)cc1. The Balaban J connectivity index is 1.93. The second-order valence-electron chi connectivity index (χ2n) is 3.96. The van der Waals surface area contributed by atoms with Crippen LogP contribution in [0.4, 0.5) is 0 Å². The summed E-state index contributed by atoms with van der Waals surface area (Å²) in [6.07, 6.45) is 0. The van der Waals surface area contributed by atoms with Gasteiger partial charge in [0.2, 0.25) is 0 Å². The van der Waals surface area contributed by atoms with Crippen molar-refractivity contribution in [3.63, 3.8) is 0 Å².